The van der Waals surface area contributed by atoms with Gasteiger partial charge in [-0.1, -0.05) is 25.5 Å². The molecule has 7 heteroatoms. The Hall–Kier alpha value is -2.86. The molecule has 146 valence electrons. The second-order valence-corrected chi connectivity index (χ2v) is 6.69. The number of nitrogens with zero attached hydrogens (tertiary/aromatic N) is 2. The molecule has 2 amide bonds. The van der Waals surface area contributed by atoms with Crippen molar-refractivity contribution in [2.45, 2.75) is 32.1 Å². The summed E-state index contributed by atoms with van der Waals surface area (Å²) >= 11 is 5.95. The number of anilines is 2. The molecule has 28 heavy (non-hydrogen) atoms. The highest BCUT2D eigenvalue weighted by molar-refractivity contribution is 6.17. The first-order valence-electron chi connectivity index (χ1n) is 9.17. The Kier molecular flexibility index (Phi) is 6.66. The minimum Gasteiger partial charge on any atom is -0.308 e. The number of amides is 2. The van der Waals surface area contributed by atoms with E-state index in [4.69, 9.17) is 11.6 Å². The molecule has 0 radical (unpaired) electrons. The first-order chi connectivity index (χ1) is 13.6. The fourth-order valence-corrected chi connectivity index (χ4v) is 2.95. The highest BCUT2D eigenvalue weighted by Gasteiger charge is 2.13. The highest BCUT2D eigenvalue weighted by Crippen LogP contribution is 2.21. The lowest BCUT2D eigenvalue weighted by Crippen LogP contribution is -2.21. The van der Waals surface area contributed by atoms with E-state index in [1.165, 1.54) is 24.3 Å². The van der Waals surface area contributed by atoms with Gasteiger partial charge in [0, 0.05) is 17.6 Å². The number of rotatable bonds is 7. The van der Waals surface area contributed by atoms with Crippen molar-refractivity contribution in [2.24, 2.45) is 0 Å². The summed E-state index contributed by atoms with van der Waals surface area (Å²) in [5.41, 5.74) is 3.18. The number of nitrogens with one attached hydrogen (secondary N) is 2. The number of benzene rings is 2. The van der Waals surface area contributed by atoms with Crippen LogP contribution in [0.1, 0.15) is 31.0 Å². The summed E-state index contributed by atoms with van der Waals surface area (Å²) in [6.45, 7) is 2.12. The van der Waals surface area contributed by atoms with E-state index in [1.54, 1.807) is 4.68 Å². The average molecular weight is 401 g/mol. The van der Waals surface area contributed by atoms with Crippen LogP contribution in [-0.4, -0.2) is 15.8 Å². The van der Waals surface area contributed by atoms with Crippen LogP contribution in [0.5, 0.6) is 0 Å². The van der Waals surface area contributed by atoms with Crippen molar-refractivity contribution >= 4 is 29.1 Å². The van der Waals surface area contributed by atoms with E-state index in [0.717, 1.165) is 36.2 Å². The van der Waals surface area contributed by atoms with Crippen LogP contribution < -0.4 is 10.6 Å². The zero-order valence-corrected chi connectivity index (χ0v) is 16.3. The molecule has 0 atom stereocenters. The Balaban J connectivity index is 1.84. The summed E-state index contributed by atoms with van der Waals surface area (Å²) in [7, 11) is 0. The number of carbonyl (C=O) groups is 1. The molecule has 1 heterocycles. The second-order valence-electron chi connectivity index (χ2n) is 6.43. The zero-order chi connectivity index (χ0) is 19.9. The fourth-order valence-electron chi connectivity index (χ4n) is 2.78. The molecule has 2 aromatic carbocycles. The summed E-state index contributed by atoms with van der Waals surface area (Å²) in [5.74, 6) is 0.590. The van der Waals surface area contributed by atoms with Gasteiger partial charge in [0.25, 0.3) is 0 Å². The van der Waals surface area contributed by atoms with E-state index < -0.39 is 6.03 Å². The molecule has 0 unspecified atom stereocenters. The first-order valence-corrected chi connectivity index (χ1v) is 9.70. The largest absolute Gasteiger partial charge is 0.324 e. The van der Waals surface area contributed by atoms with E-state index in [0.29, 0.717) is 17.4 Å². The zero-order valence-electron chi connectivity index (χ0n) is 15.6. The average Bonchev–Trinajstić information content (AvgIpc) is 3.10. The molecule has 2 N–H and O–H groups in total. The Bertz CT molecular complexity index is 940. The number of alkyl halides is 1. The Morgan fingerprint density at radius 2 is 1.93 bits per heavy atom. The van der Waals surface area contributed by atoms with Crippen LogP contribution in [0.2, 0.25) is 0 Å². The third-order valence-electron chi connectivity index (χ3n) is 4.20. The van der Waals surface area contributed by atoms with Crippen LogP contribution >= 0.6 is 11.6 Å². The molecular weight excluding hydrogens is 379 g/mol. The van der Waals surface area contributed by atoms with Crippen LogP contribution in [0, 0.1) is 5.82 Å². The van der Waals surface area contributed by atoms with Gasteiger partial charge in [-0.05, 0) is 54.8 Å². The molecule has 3 rings (SSSR count). The topological polar surface area (TPSA) is 59.0 Å². The van der Waals surface area contributed by atoms with Crippen LogP contribution in [-0.2, 0) is 12.3 Å². The summed E-state index contributed by atoms with van der Waals surface area (Å²) in [5, 5.41) is 10.2. The van der Waals surface area contributed by atoms with Gasteiger partial charge in [-0.25, -0.2) is 13.9 Å². The van der Waals surface area contributed by atoms with E-state index in [-0.39, 0.29) is 5.82 Å². The first kappa shape index (κ1) is 19.9. The van der Waals surface area contributed by atoms with Crippen molar-refractivity contribution in [3.8, 4) is 5.69 Å². The SMILES string of the molecule is CCCCc1cc(NC(=O)Nc2ccc(F)cc2)n(-c2cccc(CCl)c2)n1. The second kappa shape index (κ2) is 9.37. The molecule has 0 saturated carbocycles. The Morgan fingerprint density at radius 3 is 2.64 bits per heavy atom. The molecule has 5 nitrogen and oxygen atoms in total. The van der Waals surface area contributed by atoms with Crippen molar-refractivity contribution in [3.05, 3.63) is 71.7 Å². The lowest BCUT2D eigenvalue weighted by molar-refractivity contribution is 0.262. The Morgan fingerprint density at radius 1 is 1.14 bits per heavy atom. The van der Waals surface area contributed by atoms with E-state index in [2.05, 4.69) is 22.7 Å². The third kappa shape index (κ3) is 5.10. The van der Waals surface area contributed by atoms with Gasteiger partial charge in [0.15, 0.2) is 0 Å². The molecule has 0 bridgehead atoms. The monoisotopic (exact) mass is 400 g/mol. The Labute approximate surface area is 168 Å². The number of carbonyl (C=O) groups excluding carboxylic acids is 1. The minimum atomic E-state index is -0.428. The molecule has 0 aliphatic carbocycles. The van der Waals surface area contributed by atoms with Crippen LogP contribution in [0.4, 0.5) is 20.7 Å². The van der Waals surface area contributed by atoms with Crippen LogP contribution in [0.25, 0.3) is 5.69 Å². The summed E-state index contributed by atoms with van der Waals surface area (Å²) in [6, 6.07) is 14.7. The fraction of sp³-hybridized carbons (Fsp3) is 0.238. The van der Waals surface area contributed by atoms with Gasteiger partial charge in [-0.15, -0.1) is 11.6 Å². The lowest BCUT2D eigenvalue weighted by Gasteiger charge is -2.11. The van der Waals surface area contributed by atoms with E-state index >= 15 is 0 Å². The standard InChI is InChI=1S/C21H22ClFN4O/c1-2-3-6-18-13-20(25-21(28)24-17-10-8-16(23)9-11-17)27(26-18)19-7-4-5-15(12-19)14-22/h4-5,7-13H,2-3,6,14H2,1H3,(H2,24,25,28). The van der Waals surface area contributed by atoms with Gasteiger partial charge in [0.05, 0.1) is 11.4 Å². The molecule has 3 aromatic rings. The van der Waals surface area contributed by atoms with Crippen molar-refractivity contribution in [2.75, 3.05) is 10.6 Å². The summed E-state index contributed by atoms with van der Waals surface area (Å²) in [6.07, 6.45) is 2.90. The number of aromatic nitrogens is 2. The van der Waals surface area contributed by atoms with E-state index in [1.807, 2.05) is 30.3 Å². The lowest BCUT2D eigenvalue weighted by atomic mass is 10.2. The molecule has 0 aliphatic heterocycles. The summed E-state index contributed by atoms with van der Waals surface area (Å²) < 4.78 is 14.7. The van der Waals surface area contributed by atoms with Gasteiger partial charge in [-0.2, -0.15) is 5.10 Å². The van der Waals surface area contributed by atoms with Gasteiger partial charge < -0.3 is 5.32 Å². The molecule has 1 aromatic heterocycles. The maximum Gasteiger partial charge on any atom is 0.324 e. The van der Waals surface area contributed by atoms with Gasteiger partial charge in [-0.3, -0.25) is 5.32 Å². The number of hydrogen-bond donors (Lipinski definition) is 2. The van der Waals surface area contributed by atoms with Crippen molar-refractivity contribution in [1.82, 2.24) is 9.78 Å². The predicted octanol–water partition coefficient (Wildman–Crippen LogP) is 5.74. The number of aryl methyl sites for hydroxylation is 1. The number of hydrogen-bond acceptors (Lipinski definition) is 2. The van der Waals surface area contributed by atoms with Gasteiger partial charge in [0.1, 0.15) is 11.6 Å². The van der Waals surface area contributed by atoms with Gasteiger partial charge >= 0.3 is 6.03 Å². The minimum absolute atomic E-state index is 0.358. The van der Waals surface area contributed by atoms with Crippen molar-refractivity contribution < 1.29 is 9.18 Å². The number of halogens is 2. The van der Waals surface area contributed by atoms with E-state index in [9.17, 15) is 9.18 Å². The molecular formula is C21H22ClFN4O. The molecule has 0 aliphatic rings. The quantitative estimate of drug-likeness (QED) is 0.497. The molecule has 0 fully saturated rings. The van der Waals surface area contributed by atoms with Gasteiger partial charge in [0.2, 0.25) is 0 Å². The molecule has 0 spiro atoms. The maximum atomic E-state index is 13.0. The van der Waals surface area contributed by atoms with Crippen LogP contribution in [0.3, 0.4) is 0 Å². The van der Waals surface area contributed by atoms with Crippen molar-refractivity contribution in [1.29, 1.82) is 0 Å². The van der Waals surface area contributed by atoms with Crippen LogP contribution in [0.15, 0.2) is 54.6 Å². The maximum absolute atomic E-state index is 13.0. The third-order valence-corrected chi connectivity index (χ3v) is 4.51. The smallest absolute Gasteiger partial charge is 0.308 e. The normalized spacial score (nSPS) is 10.7. The van der Waals surface area contributed by atoms with Crippen molar-refractivity contribution in [3.63, 3.8) is 0 Å². The number of unbranched alkanes of at least 4 members (excludes halogenated alkanes) is 1. The predicted molar refractivity (Wildman–Crippen MR) is 111 cm³/mol. The molecule has 0 saturated heterocycles. The summed E-state index contributed by atoms with van der Waals surface area (Å²) in [4.78, 5) is 12.4. The highest BCUT2D eigenvalue weighted by atomic mass is 35.5. The number of urea groups is 1.